The second-order valence-corrected chi connectivity index (χ2v) is 4.76. The minimum absolute atomic E-state index is 0.104. The van der Waals surface area contributed by atoms with Gasteiger partial charge in [-0.25, -0.2) is 4.39 Å². The molecule has 2 rings (SSSR count). The minimum Gasteiger partial charge on any atom is -0.496 e. The first-order chi connectivity index (χ1) is 7.48. The van der Waals surface area contributed by atoms with Crippen molar-refractivity contribution in [3.8, 4) is 5.75 Å². The normalized spacial score (nSPS) is 17.6. The molecule has 1 fully saturated rings. The van der Waals surface area contributed by atoms with Gasteiger partial charge in [-0.15, -0.1) is 0 Å². The Balaban J connectivity index is 2.53. The number of aliphatic hydroxyl groups is 1. The molecule has 0 atom stereocenters. The Labute approximate surface area is 95.1 Å². The van der Waals surface area contributed by atoms with E-state index in [2.05, 4.69) is 0 Å². The number of benzene rings is 1. The lowest BCUT2D eigenvalue weighted by Crippen LogP contribution is -2.09. The Kier molecular flexibility index (Phi) is 2.66. The molecule has 1 aromatic carbocycles. The summed E-state index contributed by atoms with van der Waals surface area (Å²) in [6.07, 6.45) is 1.46. The van der Waals surface area contributed by atoms with E-state index in [-0.39, 0.29) is 11.7 Å². The molecular weight excluding hydrogens is 207 g/mol. The highest BCUT2D eigenvalue weighted by atomic mass is 19.1. The SMILES string of the molecule is COc1cc(F)c(C(C)C)cc1C1(O)CC1. The molecule has 1 saturated carbocycles. The van der Waals surface area contributed by atoms with E-state index in [9.17, 15) is 9.50 Å². The molecule has 3 heteroatoms. The van der Waals surface area contributed by atoms with Gasteiger partial charge in [0, 0.05) is 11.6 Å². The Morgan fingerprint density at radius 3 is 2.44 bits per heavy atom. The lowest BCUT2D eigenvalue weighted by molar-refractivity contribution is 0.147. The van der Waals surface area contributed by atoms with Crippen LogP contribution in [0.1, 0.15) is 43.7 Å². The molecule has 0 bridgehead atoms. The van der Waals surface area contributed by atoms with Gasteiger partial charge in [0.15, 0.2) is 0 Å². The Morgan fingerprint density at radius 1 is 1.38 bits per heavy atom. The summed E-state index contributed by atoms with van der Waals surface area (Å²) in [6.45, 7) is 3.87. The van der Waals surface area contributed by atoms with Crippen molar-refractivity contribution >= 4 is 0 Å². The van der Waals surface area contributed by atoms with Crippen molar-refractivity contribution in [1.82, 2.24) is 0 Å². The van der Waals surface area contributed by atoms with Crippen LogP contribution in [0, 0.1) is 5.82 Å². The monoisotopic (exact) mass is 224 g/mol. The van der Waals surface area contributed by atoms with Crippen molar-refractivity contribution in [1.29, 1.82) is 0 Å². The largest absolute Gasteiger partial charge is 0.496 e. The molecule has 0 heterocycles. The van der Waals surface area contributed by atoms with Gasteiger partial charge < -0.3 is 9.84 Å². The first-order valence-corrected chi connectivity index (χ1v) is 5.58. The molecule has 1 aromatic rings. The van der Waals surface area contributed by atoms with Gasteiger partial charge in [-0.1, -0.05) is 13.8 Å². The van der Waals surface area contributed by atoms with Gasteiger partial charge in [-0.05, 0) is 30.4 Å². The maximum atomic E-state index is 13.7. The average Bonchev–Trinajstić information content (AvgIpc) is 2.96. The van der Waals surface area contributed by atoms with E-state index in [4.69, 9.17) is 4.74 Å². The number of halogens is 1. The molecule has 0 unspecified atom stereocenters. The molecule has 1 aliphatic rings. The molecule has 0 radical (unpaired) electrons. The summed E-state index contributed by atoms with van der Waals surface area (Å²) in [4.78, 5) is 0. The summed E-state index contributed by atoms with van der Waals surface area (Å²) in [6, 6.07) is 3.12. The van der Waals surface area contributed by atoms with Gasteiger partial charge in [-0.2, -0.15) is 0 Å². The molecule has 1 N–H and O–H groups in total. The van der Waals surface area contributed by atoms with Crippen molar-refractivity contribution in [2.75, 3.05) is 7.11 Å². The van der Waals surface area contributed by atoms with Gasteiger partial charge in [0.1, 0.15) is 11.6 Å². The molecule has 0 aliphatic heterocycles. The fourth-order valence-corrected chi connectivity index (χ4v) is 1.93. The zero-order valence-corrected chi connectivity index (χ0v) is 9.88. The first kappa shape index (κ1) is 11.4. The molecular formula is C13H17FO2. The molecule has 2 nitrogen and oxygen atoms in total. The van der Waals surface area contributed by atoms with E-state index in [1.54, 1.807) is 6.07 Å². The van der Waals surface area contributed by atoms with Crippen LogP contribution in [-0.4, -0.2) is 12.2 Å². The lowest BCUT2D eigenvalue weighted by Gasteiger charge is -2.17. The standard InChI is InChI=1S/C13H17FO2/c1-8(2)9-6-10(13(15)4-5-13)12(16-3)7-11(9)14/h6-8,15H,4-5H2,1-3H3. The Hall–Kier alpha value is -1.09. The van der Waals surface area contributed by atoms with Crippen LogP contribution >= 0.6 is 0 Å². The first-order valence-electron chi connectivity index (χ1n) is 5.58. The van der Waals surface area contributed by atoms with E-state index in [1.165, 1.54) is 13.2 Å². The summed E-state index contributed by atoms with van der Waals surface area (Å²) >= 11 is 0. The van der Waals surface area contributed by atoms with Crippen LogP contribution in [0.2, 0.25) is 0 Å². The zero-order chi connectivity index (χ0) is 11.9. The van der Waals surface area contributed by atoms with Gasteiger partial charge in [-0.3, -0.25) is 0 Å². The number of ether oxygens (including phenoxy) is 1. The predicted molar refractivity (Wildman–Crippen MR) is 60.2 cm³/mol. The summed E-state index contributed by atoms with van der Waals surface area (Å²) in [5.74, 6) is 0.286. The lowest BCUT2D eigenvalue weighted by atomic mass is 9.96. The van der Waals surface area contributed by atoms with Crippen molar-refractivity contribution in [3.63, 3.8) is 0 Å². The molecule has 1 aliphatic carbocycles. The minimum atomic E-state index is -0.789. The second-order valence-electron chi connectivity index (χ2n) is 4.76. The highest BCUT2D eigenvalue weighted by molar-refractivity contribution is 5.45. The van der Waals surface area contributed by atoms with Gasteiger partial charge >= 0.3 is 0 Å². The molecule has 0 aromatic heterocycles. The number of hydrogen-bond acceptors (Lipinski definition) is 2. The molecule has 16 heavy (non-hydrogen) atoms. The average molecular weight is 224 g/mol. The van der Waals surface area contributed by atoms with Gasteiger partial charge in [0.2, 0.25) is 0 Å². The second kappa shape index (κ2) is 3.74. The zero-order valence-electron chi connectivity index (χ0n) is 9.88. The van der Waals surface area contributed by atoms with Gasteiger partial charge in [0.25, 0.3) is 0 Å². The number of hydrogen-bond donors (Lipinski definition) is 1. The van der Waals surface area contributed by atoms with Crippen LogP contribution in [0.3, 0.4) is 0 Å². The van der Waals surface area contributed by atoms with E-state index >= 15 is 0 Å². The Morgan fingerprint density at radius 2 is 2.00 bits per heavy atom. The highest BCUT2D eigenvalue weighted by Gasteiger charge is 2.44. The molecule has 0 saturated heterocycles. The van der Waals surface area contributed by atoms with E-state index in [1.807, 2.05) is 13.8 Å². The van der Waals surface area contributed by atoms with E-state index < -0.39 is 5.60 Å². The number of rotatable bonds is 3. The Bertz CT molecular complexity index is 409. The summed E-state index contributed by atoms with van der Waals surface area (Å²) in [5.41, 5.74) is 0.569. The van der Waals surface area contributed by atoms with Crippen LogP contribution in [0.25, 0.3) is 0 Å². The maximum absolute atomic E-state index is 13.7. The maximum Gasteiger partial charge on any atom is 0.130 e. The van der Waals surface area contributed by atoms with Crippen LogP contribution in [0.4, 0.5) is 4.39 Å². The summed E-state index contributed by atoms with van der Waals surface area (Å²) in [7, 11) is 1.50. The number of methoxy groups -OCH3 is 1. The van der Waals surface area contributed by atoms with Crippen molar-refractivity contribution < 1.29 is 14.2 Å². The molecule has 88 valence electrons. The van der Waals surface area contributed by atoms with Gasteiger partial charge in [0.05, 0.1) is 12.7 Å². The van der Waals surface area contributed by atoms with Crippen molar-refractivity contribution in [3.05, 3.63) is 29.1 Å². The quantitative estimate of drug-likeness (QED) is 0.855. The van der Waals surface area contributed by atoms with Crippen LogP contribution in [0.15, 0.2) is 12.1 Å². The summed E-state index contributed by atoms with van der Waals surface area (Å²) < 4.78 is 18.8. The van der Waals surface area contributed by atoms with E-state index in [0.29, 0.717) is 11.3 Å². The van der Waals surface area contributed by atoms with Crippen LogP contribution in [-0.2, 0) is 5.60 Å². The third-order valence-electron chi connectivity index (χ3n) is 3.17. The highest BCUT2D eigenvalue weighted by Crippen LogP contribution is 2.49. The molecule has 0 spiro atoms. The van der Waals surface area contributed by atoms with Crippen molar-refractivity contribution in [2.24, 2.45) is 0 Å². The topological polar surface area (TPSA) is 29.5 Å². The van der Waals surface area contributed by atoms with Crippen molar-refractivity contribution in [2.45, 2.75) is 38.2 Å². The fraction of sp³-hybridized carbons (Fsp3) is 0.538. The van der Waals surface area contributed by atoms with E-state index in [0.717, 1.165) is 18.4 Å². The summed E-state index contributed by atoms with van der Waals surface area (Å²) in [5, 5.41) is 10.1. The van der Waals surface area contributed by atoms with Crippen LogP contribution < -0.4 is 4.74 Å². The molecule has 0 amide bonds. The third kappa shape index (κ3) is 1.80. The predicted octanol–water partition coefficient (Wildman–Crippen LogP) is 2.94. The fourth-order valence-electron chi connectivity index (χ4n) is 1.93. The smallest absolute Gasteiger partial charge is 0.130 e. The third-order valence-corrected chi connectivity index (χ3v) is 3.17. The van der Waals surface area contributed by atoms with Crippen LogP contribution in [0.5, 0.6) is 5.75 Å².